The average molecular weight is 432 g/mol. The van der Waals surface area contributed by atoms with E-state index in [4.69, 9.17) is 5.21 Å². The molecule has 1 saturated carbocycles. The van der Waals surface area contributed by atoms with Crippen molar-refractivity contribution in [2.24, 2.45) is 5.92 Å². The topological polar surface area (TPSA) is 99.2 Å². The lowest BCUT2D eigenvalue weighted by molar-refractivity contribution is -0.124. The fourth-order valence-electron chi connectivity index (χ4n) is 4.26. The number of carbonyl (C=O) groups is 1. The number of hydrogen-bond donors (Lipinski definition) is 4. The van der Waals surface area contributed by atoms with Crippen LogP contribution in [0.4, 0.5) is 5.82 Å². The van der Waals surface area contributed by atoms with Gasteiger partial charge >= 0.3 is 0 Å². The van der Waals surface area contributed by atoms with Gasteiger partial charge in [-0.3, -0.25) is 15.0 Å². The van der Waals surface area contributed by atoms with Gasteiger partial charge in [-0.25, -0.2) is 10.5 Å². The van der Waals surface area contributed by atoms with Crippen LogP contribution in [0.3, 0.4) is 0 Å². The molecule has 158 valence electrons. The highest BCUT2D eigenvalue weighted by Gasteiger charge is 2.40. The Bertz CT molecular complexity index is 613. The molecule has 9 heteroatoms. The molecule has 1 aliphatic carbocycles. The summed E-state index contributed by atoms with van der Waals surface area (Å²) in [6, 6.07) is 0. The molecule has 0 radical (unpaired) electrons. The molecular formula is C19H31Cl2N5O2. The number of anilines is 1. The van der Waals surface area contributed by atoms with Gasteiger partial charge in [-0.05, 0) is 44.2 Å². The summed E-state index contributed by atoms with van der Waals surface area (Å²) in [6.07, 6.45) is 16.3. The lowest BCUT2D eigenvalue weighted by atomic mass is 9.74. The fourth-order valence-corrected chi connectivity index (χ4v) is 4.26. The highest BCUT2D eigenvalue weighted by Crippen LogP contribution is 2.37. The fraction of sp³-hybridized carbons (Fsp3) is 0.632. The molecule has 7 nitrogen and oxygen atoms in total. The van der Waals surface area contributed by atoms with Gasteiger partial charge in [-0.15, -0.1) is 24.8 Å². The second kappa shape index (κ2) is 12.2. The van der Waals surface area contributed by atoms with Crippen LogP contribution in [0.25, 0.3) is 6.08 Å². The summed E-state index contributed by atoms with van der Waals surface area (Å²) in [5, 5.41) is 15.8. The standard InChI is InChI=1S/C19H29N5O2.2ClH/c25-18(24-26)9-8-16-12-22-17(13-21-16)23-19(10-5-11-20-14-19)15-6-3-1-2-4-7-15;;/h8-9,12-13,15,20,26H,1-7,10-11,14H2,(H,22,23)(H,24,25);2*1H/b9-8+;;/t19-;;/m0../s1. The van der Waals surface area contributed by atoms with Crippen molar-refractivity contribution in [1.29, 1.82) is 0 Å². The van der Waals surface area contributed by atoms with Gasteiger partial charge < -0.3 is 10.6 Å². The molecule has 2 heterocycles. The summed E-state index contributed by atoms with van der Waals surface area (Å²) in [4.78, 5) is 19.9. The summed E-state index contributed by atoms with van der Waals surface area (Å²) in [7, 11) is 0. The third-order valence-corrected chi connectivity index (χ3v) is 5.62. The molecule has 2 aliphatic rings. The summed E-state index contributed by atoms with van der Waals surface area (Å²) >= 11 is 0. The number of hydrogen-bond acceptors (Lipinski definition) is 6. The summed E-state index contributed by atoms with van der Waals surface area (Å²) in [5.41, 5.74) is 2.17. The molecule has 2 fully saturated rings. The largest absolute Gasteiger partial charge is 0.362 e. The molecular weight excluding hydrogens is 401 g/mol. The van der Waals surface area contributed by atoms with Gasteiger partial charge in [0.15, 0.2) is 0 Å². The second-order valence-corrected chi connectivity index (χ2v) is 7.39. The van der Waals surface area contributed by atoms with Crippen molar-refractivity contribution in [3.63, 3.8) is 0 Å². The van der Waals surface area contributed by atoms with Gasteiger partial charge in [0.1, 0.15) is 5.82 Å². The van der Waals surface area contributed by atoms with Crippen molar-refractivity contribution in [3.05, 3.63) is 24.2 Å². The second-order valence-electron chi connectivity index (χ2n) is 7.39. The number of rotatable bonds is 5. The third kappa shape index (κ3) is 6.58. The van der Waals surface area contributed by atoms with E-state index >= 15 is 0 Å². The van der Waals surface area contributed by atoms with Crippen molar-refractivity contribution >= 4 is 42.6 Å². The van der Waals surface area contributed by atoms with Crippen molar-refractivity contribution in [3.8, 4) is 0 Å². The number of piperidine rings is 1. The van der Waals surface area contributed by atoms with E-state index < -0.39 is 5.91 Å². The van der Waals surface area contributed by atoms with E-state index in [1.54, 1.807) is 17.9 Å². The zero-order valence-corrected chi connectivity index (χ0v) is 17.7. The first-order chi connectivity index (χ1) is 12.7. The van der Waals surface area contributed by atoms with E-state index in [9.17, 15) is 4.79 Å². The van der Waals surface area contributed by atoms with Crippen LogP contribution in [0.15, 0.2) is 18.5 Å². The molecule has 0 bridgehead atoms. The van der Waals surface area contributed by atoms with Crippen LogP contribution in [0, 0.1) is 5.92 Å². The van der Waals surface area contributed by atoms with E-state index in [0.717, 1.165) is 25.3 Å². The first-order valence-corrected chi connectivity index (χ1v) is 9.65. The van der Waals surface area contributed by atoms with Crippen LogP contribution in [0.1, 0.15) is 57.1 Å². The van der Waals surface area contributed by atoms with Crippen LogP contribution in [-0.4, -0.2) is 39.7 Å². The molecule has 0 unspecified atom stereocenters. The van der Waals surface area contributed by atoms with Gasteiger partial charge in [-0.2, -0.15) is 0 Å². The number of amides is 1. The van der Waals surface area contributed by atoms with E-state index in [0.29, 0.717) is 11.6 Å². The third-order valence-electron chi connectivity index (χ3n) is 5.62. The summed E-state index contributed by atoms with van der Waals surface area (Å²) in [5.74, 6) is 0.851. The number of nitrogens with zero attached hydrogens (tertiary/aromatic N) is 2. The van der Waals surface area contributed by atoms with E-state index in [-0.39, 0.29) is 30.4 Å². The number of halogens is 2. The first kappa shape index (κ1) is 24.6. The minimum atomic E-state index is -0.588. The van der Waals surface area contributed by atoms with Crippen LogP contribution in [0.5, 0.6) is 0 Å². The lowest BCUT2D eigenvalue weighted by Gasteiger charge is -2.45. The Morgan fingerprint density at radius 1 is 1.14 bits per heavy atom. The molecule has 1 aromatic heterocycles. The predicted molar refractivity (Wildman–Crippen MR) is 115 cm³/mol. The Hall–Kier alpha value is -1.41. The maximum atomic E-state index is 11.0. The Balaban J connectivity index is 0.00000196. The molecule has 1 saturated heterocycles. The first-order valence-electron chi connectivity index (χ1n) is 9.65. The van der Waals surface area contributed by atoms with E-state index in [2.05, 4.69) is 20.6 Å². The van der Waals surface area contributed by atoms with E-state index in [1.165, 1.54) is 57.1 Å². The molecule has 0 aromatic carbocycles. The predicted octanol–water partition coefficient (Wildman–Crippen LogP) is 3.34. The van der Waals surface area contributed by atoms with Gasteiger partial charge in [0.2, 0.25) is 0 Å². The van der Waals surface area contributed by atoms with Crippen LogP contribution in [0.2, 0.25) is 0 Å². The highest BCUT2D eigenvalue weighted by atomic mass is 35.5. The zero-order valence-electron chi connectivity index (χ0n) is 16.0. The molecule has 1 aromatic rings. The van der Waals surface area contributed by atoms with Gasteiger partial charge in [0, 0.05) is 12.6 Å². The van der Waals surface area contributed by atoms with Crippen molar-refractivity contribution in [1.82, 2.24) is 20.8 Å². The minimum absolute atomic E-state index is 0. The molecule has 3 rings (SSSR count). The summed E-state index contributed by atoms with van der Waals surface area (Å²) < 4.78 is 0. The number of nitrogens with one attached hydrogen (secondary N) is 3. The number of aromatic nitrogens is 2. The molecule has 1 amide bonds. The van der Waals surface area contributed by atoms with Gasteiger partial charge in [0.25, 0.3) is 5.91 Å². The van der Waals surface area contributed by atoms with Gasteiger partial charge in [-0.1, -0.05) is 25.7 Å². The average Bonchev–Trinajstić information content (AvgIpc) is 2.98. The minimum Gasteiger partial charge on any atom is -0.362 e. The number of hydroxylamine groups is 1. The molecule has 28 heavy (non-hydrogen) atoms. The van der Waals surface area contributed by atoms with Crippen molar-refractivity contribution in [2.45, 2.75) is 56.9 Å². The zero-order chi connectivity index (χ0) is 18.2. The number of carbonyl (C=O) groups excluding carboxylic acids is 1. The summed E-state index contributed by atoms with van der Waals surface area (Å²) in [6.45, 7) is 2.05. The maximum Gasteiger partial charge on any atom is 0.267 e. The van der Waals surface area contributed by atoms with Crippen LogP contribution < -0.4 is 16.1 Å². The molecule has 0 spiro atoms. The molecule has 1 atom stereocenters. The maximum absolute atomic E-state index is 11.0. The Morgan fingerprint density at radius 3 is 2.46 bits per heavy atom. The van der Waals surface area contributed by atoms with Crippen LogP contribution >= 0.6 is 24.8 Å². The Labute approximate surface area is 179 Å². The monoisotopic (exact) mass is 431 g/mol. The lowest BCUT2D eigenvalue weighted by Crippen LogP contribution is -2.56. The highest BCUT2D eigenvalue weighted by molar-refractivity contribution is 5.90. The van der Waals surface area contributed by atoms with Gasteiger partial charge in [0.05, 0.1) is 23.6 Å². The smallest absolute Gasteiger partial charge is 0.267 e. The van der Waals surface area contributed by atoms with E-state index in [1.807, 2.05) is 0 Å². The van der Waals surface area contributed by atoms with Crippen molar-refractivity contribution in [2.75, 3.05) is 18.4 Å². The van der Waals surface area contributed by atoms with Crippen molar-refractivity contribution < 1.29 is 10.0 Å². The Kier molecular flexibility index (Phi) is 10.7. The quantitative estimate of drug-likeness (QED) is 0.247. The molecule has 1 aliphatic heterocycles. The SMILES string of the molecule is Cl.Cl.O=C(/C=C/c1cnc(N[C@@]2(C3CCCCCC3)CCCNC2)cn1)NO. The normalized spacial score (nSPS) is 23.2. The van der Waals surface area contributed by atoms with Crippen LogP contribution in [-0.2, 0) is 4.79 Å². The molecule has 4 N–H and O–H groups in total. The Morgan fingerprint density at radius 2 is 1.89 bits per heavy atom.